The smallest absolute Gasteiger partial charge is 0.0701 e. The Balaban J connectivity index is 3.26. The molecule has 0 aromatic heterocycles. The van der Waals surface area contributed by atoms with Gasteiger partial charge >= 0.3 is 0 Å². The largest absolute Gasteiger partial charge is 0.378 e. The molecule has 0 rings (SSSR count). The lowest BCUT2D eigenvalue weighted by molar-refractivity contribution is -0.0105. The van der Waals surface area contributed by atoms with Gasteiger partial charge in [0.2, 0.25) is 0 Å². The van der Waals surface area contributed by atoms with Crippen molar-refractivity contribution in [3.63, 3.8) is 0 Å². The Hall–Kier alpha value is -0.280. The van der Waals surface area contributed by atoms with Crippen LogP contribution in [0.1, 0.15) is 58.8 Å². The molecular formula is C24H52N2O5. The van der Waals surface area contributed by atoms with Gasteiger partial charge in [-0.1, -0.05) is 46.0 Å². The first-order chi connectivity index (χ1) is 15.3. The summed E-state index contributed by atoms with van der Waals surface area (Å²) in [7, 11) is 1.91. The quantitative estimate of drug-likeness (QED) is 0.187. The maximum Gasteiger partial charge on any atom is 0.0701 e. The Morgan fingerprint density at radius 3 is 1.48 bits per heavy atom. The van der Waals surface area contributed by atoms with Crippen LogP contribution >= 0.6 is 0 Å². The van der Waals surface area contributed by atoms with Crippen LogP contribution in [0.25, 0.3) is 0 Å². The molecule has 188 valence electrons. The fraction of sp³-hybridized carbons (Fsp3) is 1.00. The summed E-state index contributed by atoms with van der Waals surface area (Å²) in [6.45, 7) is 13.7. The van der Waals surface area contributed by atoms with Crippen LogP contribution in [0.4, 0.5) is 0 Å². The minimum absolute atomic E-state index is 0.583. The van der Waals surface area contributed by atoms with Gasteiger partial charge in [-0.05, 0) is 32.4 Å². The highest BCUT2D eigenvalue weighted by Crippen LogP contribution is 2.16. The molecule has 0 spiro atoms. The predicted molar refractivity (Wildman–Crippen MR) is 128 cm³/mol. The van der Waals surface area contributed by atoms with Crippen LogP contribution in [0, 0.1) is 5.92 Å². The van der Waals surface area contributed by atoms with Crippen molar-refractivity contribution in [1.29, 1.82) is 0 Å². The lowest BCUT2D eigenvalue weighted by Crippen LogP contribution is -2.27. The summed E-state index contributed by atoms with van der Waals surface area (Å²) < 4.78 is 27.4. The maximum absolute atomic E-state index is 5.64. The Morgan fingerprint density at radius 2 is 1.00 bits per heavy atom. The van der Waals surface area contributed by atoms with E-state index in [1.807, 2.05) is 7.05 Å². The van der Waals surface area contributed by atoms with Crippen LogP contribution in [0.3, 0.4) is 0 Å². The number of rotatable bonds is 27. The zero-order valence-electron chi connectivity index (χ0n) is 20.8. The third kappa shape index (κ3) is 25.9. The number of hydrogen-bond acceptors (Lipinski definition) is 7. The highest BCUT2D eigenvalue weighted by molar-refractivity contribution is 4.63. The van der Waals surface area contributed by atoms with Crippen molar-refractivity contribution in [2.45, 2.75) is 58.8 Å². The summed E-state index contributed by atoms with van der Waals surface area (Å²) in [5.74, 6) is 0.817. The second-order valence-corrected chi connectivity index (χ2v) is 7.87. The normalized spacial score (nSPS) is 12.5. The van der Waals surface area contributed by atoms with Crippen LogP contribution in [-0.4, -0.2) is 92.8 Å². The predicted octanol–water partition coefficient (Wildman–Crippen LogP) is 3.27. The average molecular weight is 449 g/mol. The lowest BCUT2D eigenvalue weighted by atomic mass is 9.95. The van der Waals surface area contributed by atoms with E-state index in [9.17, 15) is 0 Å². The number of nitrogens with one attached hydrogen (secondary N) is 2. The van der Waals surface area contributed by atoms with E-state index in [0.717, 1.165) is 32.2 Å². The Morgan fingerprint density at radius 1 is 0.548 bits per heavy atom. The lowest BCUT2D eigenvalue weighted by Gasteiger charge is -2.17. The summed E-state index contributed by atoms with van der Waals surface area (Å²) in [5, 5.41) is 6.60. The molecule has 1 atom stereocenters. The fourth-order valence-corrected chi connectivity index (χ4v) is 3.13. The molecule has 31 heavy (non-hydrogen) atoms. The van der Waals surface area contributed by atoms with Crippen LogP contribution in [0.15, 0.2) is 0 Å². The van der Waals surface area contributed by atoms with E-state index in [2.05, 4.69) is 24.5 Å². The molecule has 0 fully saturated rings. The average Bonchev–Trinajstić information content (AvgIpc) is 2.78. The number of likely N-dealkylation sites (N-methyl/N-ethyl adjacent to an activating group) is 1. The second kappa shape index (κ2) is 27.8. The molecule has 0 saturated heterocycles. The van der Waals surface area contributed by atoms with E-state index in [-0.39, 0.29) is 0 Å². The summed E-state index contributed by atoms with van der Waals surface area (Å²) >= 11 is 0. The van der Waals surface area contributed by atoms with E-state index in [1.165, 1.54) is 44.9 Å². The zero-order chi connectivity index (χ0) is 22.7. The van der Waals surface area contributed by atoms with Crippen molar-refractivity contribution < 1.29 is 23.7 Å². The molecular weight excluding hydrogens is 396 g/mol. The first-order valence-electron chi connectivity index (χ1n) is 12.6. The van der Waals surface area contributed by atoms with E-state index >= 15 is 0 Å². The van der Waals surface area contributed by atoms with Crippen molar-refractivity contribution in [3.05, 3.63) is 0 Å². The third-order valence-corrected chi connectivity index (χ3v) is 5.02. The van der Waals surface area contributed by atoms with Gasteiger partial charge in [0.15, 0.2) is 0 Å². The first kappa shape index (κ1) is 30.7. The maximum atomic E-state index is 5.64. The minimum atomic E-state index is 0.583. The summed E-state index contributed by atoms with van der Waals surface area (Å²) in [6, 6.07) is 0. The van der Waals surface area contributed by atoms with Crippen LogP contribution in [0.2, 0.25) is 0 Å². The second-order valence-electron chi connectivity index (χ2n) is 7.87. The number of hydrogen-bond donors (Lipinski definition) is 2. The van der Waals surface area contributed by atoms with Crippen LogP contribution in [0.5, 0.6) is 0 Å². The zero-order valence-corrected chi connectivity index (χ0v) is 20.8. The van der Waals surface area contributed by atoms with Crippen LogP contribution in [-0.2, 0) is 23.7 Å². The van der Waals surface area contributed by atoms with Gasteiger partial charge < -0.3 is 34.3 Å². The van der Waals surface area contributed by atoms with Crippen molar-refractivity contribution >= 4 is 0 Å². The third-order valence-electron chi connectivity index (χ3n) is 5.02. The molecule has 0 aliphatic carbocycles. The Bertz CT molecular complexity index is 324. The van der Waals surface area contributed by atoms with E-state index in [0.29, 0.717) is 59.5 Å². The van der Waals surface area contributed by atoms with E-state index in [4.69, 9.17) is 23.7 Å². The van der Waals surface area contributed by atoms with Gasteiger partial charge in [0.1, 0.15) is 0 Å². The van der Waals surface area contributed by atoms with Crippen molar-refractivity contribution in [2.75, 3.05) is 92.8 Å². The number of ether oxygens (including phenoxy) is 5. The van der Waals surface area contributed by atoms with Gasteiger partial charge in [0.25, 0.3) is 0 Å². The Labute approximate surface area is 192 Å². The van der Waals surface area contributed by atoms with Crippen molar-refractivity contribution in [1.82, 2.24) is 10.6 Å². The molecule has 1 unspecified atom stereocenters. The molecule has 7 heteroatoms. The molecule has 0 radical (unpaired) electrons. The molecule has 2 N–H and O–H groups in total. The molecule has 0 aliphatic heterocycles. The van der Waals surface area contributed by atoms with Gasteiger partial charge in [-0.25, -0.2) is 0 Å². The molecule has 0 aromatic rings. The molecule has 0 bridgehead atoms. The highest BCUT2D eigenvalue weighted by atomic mass is 16.6. The molecule has 0 saturated carbocycles. The topological polar surface area (TPSA) is 70.2 Å². The highest BCUT2D eigenvalue weighted by Gasteiger charge is 2.07. The van der Waals surface area contributed by atoms with Crippen LogP contribution < -0.4 is 10.6 Å². The monoisotopic (exact) mass is 448 g/mol. The SMILES string of the molecule is CCCCCC(CCCC)CNCCOCCOCCOCCOCCOCCNC. The van der Waals surface area contributed by atoms with E-state index < -0.39 is 0 Å². The molecule has 0 aliphatic rings. The first-order valence-corrected chi connectivity index (χ1v) is 12.6. The molecule has 0 amide bonds. The van der Waals surface area contributed by atoms with Crippen molar-refractivity contribution in [3.8, 4) is 0 Å². The number of unbranched alkanes of at least 4 members (excludes halogenated alkanes) is 3. The van der Waals surface area contributed by atoms with Crippen molar-refractivity contribution in [2.24, 2.45) is 5.92 Å². The van der Waals surface area contributed by atoms with Gasteiger partial charge in [0.05, 0.1) is 66.1 Å². The summed E-state index contributed by atoms with van der Waals surface area (Å²) in [5.41, 5.74) is 0. The van der Waals surface area contributed by atoms with Gasteiger partial charge in [-0.15, -0.1) is 0 Å². The van der Waals surface area contributed by atoms with Gasteiger partial charge in [0, 0.05) is 13.1 Å². The molecule has 0 aromatic carbocycles. The molecule has 0 heterocycles. The summed E-state index contributed by atoms with van der Waals surface area (Å²) in [6.07, 6.45) is 9.36. The minimum Gasteiger partial charge on any atom is -0.378 e. The fourth-order valence-electron chi connectivity index (χ4n) is 3.13. The van der Waals surface area contributed by atoms with Gasteiger partial charge in [-0.2, -0.15) is 0 Å². The molecule has 7 nitrogen and oxygen atoms in total. The van der Waals surface area contributed by atoms with Gasteiger partial charge in [-0.3, -0.25) is 0 Å². The van der Waals surface area contributed by atoms with E-state index in [1.54, 1.807) is 0 Å². The standard InChI is InChI=1S/C24H52N2O5/c1-4-6-8-10-24(9-7-5-2)23-26-12-14-28-16-18-30-20-22-31-21-19-29-17-15-27-13-11-25-3/h24-26H,4-23H2,1-3H3. The Kier molecular flexibility index (Phi) is 27.5. The summed E-state index contributed by atoms with van der Waals surface area (Å²) in [4.78, 5) is 0.